The van der Waals surface area contributed by atoms with Crippen LogP contribution in [0.25, 0.3) is 11.0 Å². The minimum absolute atomic E-state index is 0.0326. The number of ether oxygens (including phenoxy) is 3. The Balaban J connectivity index is 1.53. The fourth-order valence-electron chi connectivity index (χ4n) is 6.95. The predicted molar refractivity (Wildman–Crippen MR) is 162 cm³/mol. The normalized spacial score (nSPS) is 29.4. The highest BCUT2D eigenvalue weighted by atomic mass is 19.4. The molecule has 46 heavy (non-hydrogen) atoms. The van der Waals surface area contributed by atoms with Crippen molar-refractivity contribution in [3.63, 3.8) is 0 Å². The summed E-state index contributed by atoms with van der Waals surface area (Å²) >= 11 is 0. The molecule has 2 amide bonds. The van der Waals surface area contributed by atoms with Crippen LogP contribution in [0.15, 0.2) is 18.2 Å². The molecule has 6 atom stereocenters. The first-order valence-electron chi connectivity index (χ1n) is 15.9. The highest BCUT2D eigenvalue weighted by Crippen LogP contribution is 2.55. The number of ketones is 1. The maximum Gasteiger partial charge on any atom is 0.408 e. The van der Waals surface area contributed by atoms with Gasteiger partial charge in [-0.3, -0.25) is 9.59 Å². The minimum atomic E-state index is -4.53. The average molecular weight is 649 g/mol. The number of nitrogens with zero attached hydrogens (tertiary/aromatic N) is 3. The van der Waals surface area contributed by atoms with E-state index < -0.39 is 65.6 Å². The van der Waals surface area contributed by atoms with Gasteiger partial charge in [0, 0.05) is 17.9 Å². The number of aromatic nitrogens is 2. The molecule has 2 aliphatic heterocycles. The lowest BCUT2D eigenvalue weighted by molar-refractivity contribution is -0.161. The fourth-order valence-corrected chi connectivity index (χ4v) is 6.95. The van der Waals surface area contributed by atoms with Gasteiger partial charge in [0.05, 0.1) is 37.2 Å². The number of rotatable bonds is 3. The highest BCUT2D eigenvalue weighted by molar-refractivity contribution is 5.92. The van der Waals surface area contributed by atoms with Crippen LogP contribution in [0.4, 0.5) is 18.0 Å². The summed E-state index contributed by atoms with van der Waals surface area (Å²) in [5.74, 6) is -0.780. The number of alkyl carbamates (subject to hydrolysis) is 1. The van der Waals surface area contributed by atoms with Gasteiger partial charge in [0.2, 0.25) is 11.8 Å². The number of benzene rings is 1. The third-order valence-corrected chi connectivity index (χ3v) is 9.48. The Morgan fingerprint density at radius 3 is 2.52 bits per heavy atom. The van der Waals surface area contributed by atoms with Crippen LogP contribution in [-0.2, 0) is 20.7 Å². The summed E-state index contributed by atoms with van der Waals surface area (Å²) < 4.78 is 58.3. The van der Waals surface area contributed by atoms with Crippen molar-refractivity contribution in [3.8, 4) is 11.6 Å². The zero-order valence-corrected chi connectivity index (χ0v) is 27.2. The number of fused-ring (bicyclic) bond motifs is 5. The van der Waals surface area contributed by atoms with Crippen LogP contribution in [0.2, 0.25) is 0 Å². The van der Waals surface area contributed by atoms with E-state index >= 15 is 0 Å². The number of halogens is 3. The van der Waals surface area contributed by atoms with E-state index in [1.807, 2.05) is 13.0 Å². The summed E-state index contributed by atoms with van der Waals surface area (Å²) in [4.78, 5) is 51.4. The van der Waals surface area contributed by atoms with Crippen LogP contribution in [0.1, 0.15) is 78.8 Å². The number of carbonyl (C=O) groups excluding carboxylic acids is 3. The number of aryl methyl sites for hydroxylation is 1. The number of hydrogen-bond acceptors (Lipinski definition) is 8. The zero-order valence-electron chi connectivity index (χ0n) is 27.2. The van der Waals surface area contributed by atoms with Crippen molar-refractivity contribution in [3.05, 3.63) is 23.9 Å². The molecule has 0 unspecified atom stereocenters. The summed E-state index contributed by atoms with van der Waals surface area (Å²) in [6, 6.07) is 3.32. The molecule has 0 spiro atoms. The van der Waals surface area contributed by atoms with E-state index in [0.717, 1.165) is 0 Å². The summed E-state index contributed by atoms with van der Waals surface area (Å²) in [5, 5.41) is 2.58. The third kappa shape index (κ3) is 7.17. The second-order valence-electron chi connectivity index (χ2n) is 14.1. The number of amides is 2. The van der Waals surface area contributed by atoms with Crippen molar-refractivity contribution in [1.82, 2.24) is 20.2 Å². The molecule has 1 aromatic carbocycles. The maximum absolute atomic E-state index is 14.2. The first-order valence-corrected chi connectivity index (χ1v) is 15.9. The van der Waals surface area contributed by atoms with Crippen LogP contribution < -0.4 is 14.8 Å². The van der Waals surface area contributed by atoms with Crippen LogP contribution in [0.5, 0.6) is 11.6 Å². The second-order valence-corrected chi connectivity index (χ2v) is 14.1. The number of Topliss-reactive ketones (excluding diaryl/α,β-unsaturated/α-hetero) is 1. The van der Waals surface area contributed by atoms with Gasteiger partial charge in [-0.2, -0.15) is 13.2 Å². The van der Waals surface area contributed by atoms with Gasteiger partial charge < -0.3 is 24.4 Å². The summed E-state index contributed by atoms with van der Waals surface area (Å²) in [6.45, 7) is 8.45. The molecule has 1 aromatic heterocycles. The lowest BCUT2D eigenvalue weighted by atomic mass is 9.85. The third-order valence-electron chi connectivity index (χ3n) is 9.48. The lowest BCUT2D eigenvalue weighted by Crippen LogP contribution is -2.57. The number of carbonyl (C=O) groups is 3. The van der Waals surface area contributed by atoms with E-state index in [1.54, 1.807) is 40.0 Å². The molecular formula is C33H43F3N4O6. The molecule has 5 rings (SSSR count). The van der Waals surface area contributed by atoms with Gasteiger partial charge in [-0.05, 0) is 50.2 Å². The van der Waals surface area contributed by atoms with E-state index in [9.17, 15) is 27.6 Å². The molecule has 1 N–H and O–H groups in total. The van der Waals surface area contributed by atoms with E-state index in [2.05, 4.69) is 5.32 Å². The first-order chi connectivity index (χ1) is 21.5. The Labute approximate surface area is 266 Å². The monoisotopic (exact) mass is 648 g/mol. The smallest absolute Gasteiger partial charge is 0.408 e. The molecule has 1 aliphatic carbocycles. The van der Waals surface area contributed by atoms with Gasteiger partial charge in [-0.1, -0.05) is 40.5 Å². The summed E-state index contributed by atoms with van der Waals surface area (Å²) in [6.07, 6.45) is -4.37. The Kier molecular flexibility index (Phi) is 9.18. The van der Waals surface area contributed by atoms with E-state index in [-0.39, 0.29) is 18.7 Å². The van der Waals surface area contributed by atoms with Gasteiger partial charge in [-0.15, -0.1) is 0 Å². The number of hydrogen-bond donors (Lipinski definition) is 1. The second kappa shape index (κ2) is 12.5. The van der Waals surface area contributed by atoms with Crippen LogP contribution in [0, 0.1) is 17.3 Å². The molecule has 13 heteroatoms. The van der Waals surface area contributed by atoms with E-state index in [4.69, 9.17) is 24.2 Å². The molecule has 0 radical (unpaired) electrons. The van der Waals surface area contributed by atoms with Gasteiger partial charge in [-0.25, -0.2) is 14.8 Å². The number of alkyl halides is 3. The average Bonchev–Trinajstić information content (AvgIpc) is 3.48. The van der Waals surface area contributed by atoms with Crippen molar-refractivity contribution in [1.29, 1.82) is 0 Å². The molecule has 2 fully saturated rings. The van der Waals surface area contributed by atoms with Gasteiger partial charge in [0.15, 0.2) is 5.78 Å². The van der Waals surface area contributed by atoms with Crippen molar-refractivity contribution < 1.29 is 41.8 Å². The van der Waals surface area contributed by atoms with Crippen molar-refractivity contribution in [2.75, 3.05) is 13.7 Å². The van der Waals surface area contributed by atoms with E-state index in [1.165, 1.54) is 11.8 Å². The molecule has 3 aliphatic rings. The lowest BCUT2D eigenvalue weighted by Gasteiger charge is -2.35. The Morgan fingerprint density at radius 1 is 1.13 bits per heavy atom. The zero-order chi connectivity index (χ0) is 33.6. The van der Waals surface area contributed by atoms with Crippen LogP contribution in [-0.4, -0.2) is 76.3 Å². The Morgan fingerprint density at radius 2 is 1.87 bits per heavy atom. The number of nitrogens with one attached hydrogen (secondary N) is 1. The molecule has 1 saturated heterocycles. The fraction of sp³-hybridized carbons (Fsp3) is 0.667. The quantitative estimate of drug-likeness (QED) is 0.444. The number of methoxy groups -OCH3 is 1. The highest BCUT2D eigenvalue weighted by Gasteiger charge is 2.62. The summed E-state index contributed by atoms with van der Waals surface area (Å²) in [7, 11) is 1.56. The topological polar surface area (TPSA) is 120 Å². The molecule has 10 nitrogen and oxygen atoms in total. The van der Waals surface area contributed by atoms with Crippen molar-refractivity contribution in [2.24, 2.45) is 17.3 Å². The van der Waals surface area contributed by atoms with Gasteiger partial charge in [0.1, 0.15) is 29.2 Å². The SMILES string of the molecule is COc1ccc2nc3c(nc2c1)O[C@H]1CN(C(=O)[C@H](C(C)(C)C)NC(=O)O[C@]2(CC(F)(F)F)C[C@H]2CCCCC3)[C@H](C(C)=O)[C@@H]1C. The van der Waals surface area contributed by atoms with Crippen LogP contribution in [0.3, 0.4) is 0 Å². The molecule has 1 saturated carbocycles. The largest absolute Gasteiger partial charge is 0.497 e. The van der Waals surface area contributed by atoms with E-state index in [0.29, 0.717) is 60.5 Å². The van der Waals surface area contributed by atoms with Crippen LogP contribution >= 0.6 is 0 Å². The molecular weight excluding hydrogens is 605 g/mol. The minimum Gasteiger partial charge on any atom is -0.497 e. The Bertz CT molecular complexity index is 1490. The Hall–Kier alpha value is -3.64. The molecule has 252 valence electrons. The van der Waals surface area contributed by atoms with Gasteiger partial charge in [0.25, 0.3) is 0 Å². The maximum atomic E-state index is 14.2. The predicted octanol–water partition coefficient (Wildman–Crippen LogP) is 5.79. The first kappa shape index (κ1) is 33.7. The van der Waals surface area contributed by atoms with Crippen molar-refractivity contribution >= 4 is 28.8 Å². The van der Waals surface area contributed by atoms with Gasteiger partial charge >= 0.3 is 12.3 Å². The molecule has 2 aromatic rings. The summed E-state index contributed by atoms with van der Waals surface area (Å²) in [5.41, 5.74) is -0.695. The van der Waals surface area contributed by atoms with Crippen molar-refractivity contribution in [2.45, 2.75) is 110 Å². The molecule has 2 bridgehead atoms. The standard InChI is InChI=1S/C33H43F3N4O6/c1-18-25-16-40(26(18)19(2)41)29(42)27(31(3,4)5)39-30(43)46-32(17-33(34,35)36)15-20(32)10-8-7-9-11-23-28(45-25)38-24-14-21(44-6)12-13-22(24)37-23/h12-14,18,20,25-27H,7-11,15-17H2,1-6H3,(H,39,43)/t18-,20-,25+,26+,27-,32+/m1/s1. The molecule has 3 heterocycles.